The van der Waals surface area contributed by atoms with Gasteiger partial charge >= 0.3 is 0 Å². The summed E-state index contributed by atoms with van der Waals surface area (Å²) < 4.78 is 19.4. The SMILES string of the molecule is CCCNCc1cc(F)cc(OCC2CCCCC2)c1. The first-order valence-corrected chi connectivity index (χ1v) is 7.91. The highest BCUT2D eigenvalue weighted by Crippen LogP contribution is 2.25. The molecule has 0 bridgehead atoms. The molecule has 0 radical (unpaired) electrons. The summed E-state index contributed by atoms with van der Waals surface area (Å²) in [7, 11) is 0. The maximum absolute atomic E-state index is 13.6. The quantitative estimate of drug-likeness (QED) is 0.752. The van der Waals surface area contributed by atoms with Crippen molar-refractivity contribution in [2.45, 2.75) is 52.0 Å². The van der Waals surface area contributed by atoms with E-state index in [1.54, 1.807) is 6.07 Å². The van der Waals surface area contributed by atoms with Crippen LogP contribution < -0.4 is 10.1 Å². The van der Waals surface area contributed by atoms with Gasteiger partial charge in [0.1, 0.15) is 11.6 Å². The lowest BCUT2D eigenvalue weighted by molar-refractivity contribution is 0.208. The lowest BCUT2D eigenvalue weighted by Gasteiger charge is -2.21. The molecule has 3 heteroatoms. The molecule has 0 spiro atoms. The Morgan fingerprint density at radius 1 is 1.20 bits per heavy atom. The maximum Gasteiger partial charge on any atom is 0.127 e. The van der Waals surface area contributed by atoms with Gasteiger partial charge in [0, 0.05) is 12.6 Å². The molecule has 2 nitrogen and oxygen atoms in total. The fourth-order valence-electron chi connectivity index (χ4n) is 2.78. The molecule has 112 valence electrons. The third kappa shape index (κ3) is 5.12. The Labute approximate surface area is 121 Å². The minimum Gasteiger partial charge on any atom is -0.493 e. The average Bonchev–Trinajstić information content (AvgIpc) is 2.46. The zero-order valence-electron chi connectivity index (χ0n) is 12.5. The molecular formula is C17H26FNO. The average molecular weight is 279 g/mol. The molecular weight excluding hydrogens is 253 g/mol. The number of halogens is 1. The van der Waals surface area contributed by atoms with E-state index in [-0.39, 0.29) is 5.82 Å². The van der Waals surface area contributed by atoms with Crippen molar-refractivity contribution in [2.24, 2.45) is 5.92 Å². The van der Waals surface area contributed by atoms with Crippen molar-refractivity contribution in [1.82, 2.24) is 5.32 Å². The molecule has 2 rings (SSSR count). The van der Waals surface area contributed by atoms with E-state index in [1.807, 2.05) is 6.07 Å². The fourth-order valence-corrected chi connectivity index (χ4v) is 2.78. The summed E-state index contributed by atoms with van der Waals surface area (Å²) in [6.45, 7) is 4.50. The lowest BCUT2D eigenvalue weighted by atomic mass is 9.90. The van der Waals surface area contributed by atoms with Crippen molar-refractivity contribution in [3.8, 4) is 5.75 Å². The van der Waals surface area contributed by atoms with Crippen LogP contribution in [0.5, 0.6) is 5.75 Å². The minimum atomic E-state index is -0.209. The fraction of sp³-hybridized carbons (Fsp3) is 0.647. The van der Waals surface area contributed by atoms with Crippen LogP contribution >= 0.6 is 0 Å². The van der Waals surface area contributed by atoms with Crippen LogP contribution in [-0.4, -0.2) is 13.2 Å². The van der Waals surface area contributed by atoms with E-state index < -0.39 is 0 Å². The van der Waals surface area contributed by atoms with Gasteiger partial charge < -0.3 is 10.1 Å². The van der Waals surface area contributed by atoms with Gasteiger partial charge in [-0.1, -0.05) is 26.2 Å². The van der Waals surface area contributed by atoms with E-state index >= 15 is 0 Å². The van der Waals surface area contributed by atoms with Crippen molar-refractivity contribution in [3.05, 3.63) is 29.6 Å². The van der Waals surface area contributed by atoms with Crippen molar-refractivity contribution in [3.63, 3.8) is 0 Å². The first-order chi connectivity index (χ1) is 9.78. The Morgan fingerprint density at radius 3 is 2.75 bits per heavy atom. The molecule has 1 fully saturated rings. The summed E-state index contributed by atoms with van der Waals surface area (Å²) in [4.78, 5) is 0. The van der Waals surface area contributed by atoms with Gasteiger partial charge in [0.15, 0.2) is 0 Å². The molecule has 1 saturated carbocycles. The standard InChI is InChI=1S/C17H26FNO/c1-2-8-19-12-15-9-16(18)11-17(10-15)20-13-14-6-4-3-5-7-14/h9-11,14,19H,2-8,12-13H2,1H3. The molecule has 0 aromatic heterocycles. The summed E-state index contributed by atoms with van der Waals surface area (Å²) in [5, 5.41) is 3.29. The zero-order chi connectivity index (χ0) is 14.2. The molecule has 0 unspecified atom stereocenters. The molecule has 0 amide bonds. The Bertz CT molecular complexity index is 402. The maximum atomic E-state index is 13.6. The Balaban J connectivity index is 1.86. The van der Waals surface area contributed by atoms with Gasteiger partial charge in [-0.2, -0.15) is 0 Å². The van der Waals surface area contributed by atoms with E-state index in [9.17, 15) is 4.39 Å². The van der Waals surface area contributed by atoms with Gasteiger partial charge in [-0.3, -0.25) is 0 Å². The molecule has 0 heterocycles. The van der Waals surface area contributed by atoms with Crippen molar-refractivity contribution in [1.29, 1.82) is 0 Å². The monoisotopic (exact) mass is 279 g/mol. The predicted octanol–water partition coefficient (Wildman–Crippen LogP) is 4.28. The first kappa shape index (κ1) is 15.3. The summed E-state index contributed by atoms with van der Waals surface area (Å²) in [5.41, 5.74) is 0.956. The Kier molecular flexibility index (Phi) is 6.31. The van der Waals surface area contributed by atoms with Crippen LogP contribution in [-0.2, 0) is 6.54 Å². The second kappa shape index (κ2) is 8.25. The molecule has 0 atom stereocenters. The molecule has 1 N–H and O–H groups in total. The molecule has 0 saturated heterocycles. The second-order valence-electron chi connectivity index (χ2n) is 5.79. The van der Waals surface area contributed by atoms with E-state index in [1.165, 1.54) is 38.2 Å². The molecule has 1 aromatic rings. The third-order valence-electron chi connectivity index (χ3n) is 3.90. The molecule has 20 heavy (non-hydrogen) atoms. The van der Waals surface area contributed by atoms with Gasteiger partial charge in [0.2, 0.25) is 0 Å². The van der Waals surface area contributed by atoms with Crippen LogP contribution in [0.3, 0.4) is 0 Å². The second-order valence-corrected chi connectivity index (χ2v) is 5.79. The highest BCUT2D eigenvalue weighted by atomic mass is 19.1. The molecule has 1 aliphatic carbocycles. The van der Waals surface area contributed by atoms with Crippen LogP contribution in [0.15, 0.2) is 18.2 Å². The van der Waals surface area contributed by atoms with E-state index in [4.69, 9.17) is 4.74 Å². The van der Waals surface area contributed by atoms with Gasteiger partial charge in [-0.15, -0.1) is 0 Å². The normalized spacial score (nSPS) is 16.3. The number of nitrogens with one attached hydrogen (secondary N) is 1. The van der Waals surface area contributed by atoms with E-state index in [2.05, 4.69) is 12.2 Å². The van der Waals surface area contributed by atoms with Gasteiger partial charge in [0.25, 0.3) is 0 Å². The number of benzene rings is 1. The van der Waals surface area contributed by atoms with Crippen molar-refractivity contribution in [2.75, 3.05) is 13.2 Å². The van der Waals surface area contributed by atoms with E-state index in [0.29, 0.717) is 18.2 Å². The van der Waals surface area contributed by atoms with Crippen LogP contribution in [0, 0.1) is 11.7 Å². The molecule has 1 aliphatic rings. The Morgan fingerprint density at radius 2 is 2.00 bits per heavy atom. The number of hydrogen-bond donors (Lipinski definition) is 1. The van der Waals surface area contributed by atoms with E-state index in [0.717, 1.165) is 25.1 Å². The lowest BCUT2D eigenvalue weighted by Crippen LogP contribution is -2.16. The van der Waals surface area contributed by atoms with Crippen LogP contribution in [0.25, 0.3) is 0 Å². The van der Waals surface area contributed by atoms with Gasteiger partial charge in [-0.05, 0) is 49.4 Å². The van der Waals surface area contributed by atoms with Gasteiger partial charge in [-0.25, -0.2) is 4.39 Å². The highest BCUT2D eigenvalue weighted by molar-refractivity contribution is 5.29. The Hall–Kier alpha value is -1.09. The number of rotatable bonds is 7. The number of ether oxygens (including phenoxy) is 1. The zero-order valence-corrected chi connectivity index (χ0v) is 12.5. The van der Waals surface area contributed by atoms with Crippen molar-refractivity contribution >= 4 is 0 Å². The first-order valence-electron chi connectivity index (χ1n) is 7.91. The topological polar surface area (TPSA) is 21.3 Å². The summed E-state index contributed by atoms with van der Waals surface area (Å²) >= 11 is 0. The highest BCUT2D eigenvalue weighted by Gasteiger charge is 2.14. The van der Waals surface area contributed by atoms with Crippen LogP contribution in [0.2, 0.25) is 0 Å². The minimum absolute atomic E-state index is 0.209. The van der Waals surface area contributed by atoms with Crippen LogP contribution in [0.4, 0.5) is 4.39 Å². The van der Waals surface area contributed by atoms with Gasteiger partial charge in [0.05, 0.1) is 6.61 Å². The molecule has 0 aliphatic heterocycles. The van der Waals surface area contributed by atoms with Crippen molar-refractivity contribution < 1.29 is 9.13 Å². The summed E-state index contributed by atoms with van der Waals surface area (Å²) in [6, 6.07) is 5.02. The summed E-state index contributed by atoms with van der Waals surface area (Å²) in [6.07, 6.45) is 7.55. The molecule has 1 aromatic carbocycles. The third-order valence-corrected chi connectivity index (χ3v) is 3.90. The largest absolute Gasteiger partial charge is 0.493 e. The smallest absolute Gasteiger partial charge is 0.127 e. The van der Waals surface area contributed by atoms with Crippen LogP contribution in [0.1, 0.15) is 51.0 Å². The number of hydrogen-bond acceptors (Lipinski definition) is 2. The predicted molar refractivity (Wildman–Crippen MR) is 80.5 cm³/mol. The summed E-state index contributed by atoms with van der Waals surface area (Å²) in [5.74, 6) is 1.11.